The van der Waals surface area contributed by atoms with Crippen molar-refractivity contribution in [2.75, 3.05) is 13.2 Å². The predicted molar refractivity (Wildman–Crippen MR) is 53.3 cm³/mol. The molecule has 0 aliphatic heterocycles. The number of halogens is 2. The smallest absolute Gasteiger partial charge is 0.169 e. The number of hydrogen-bond donors (Lipinski definition) is 1. The molecule has 1 aromatic carbocycles. The third-order valence-corrected chi connectivity index (χ3v) is 2.14. The molecule has 0 radical (unpaired) electrons. The van der Waals surface area contributed by atoms with Gasteiger partial charge in [-0.3, -0.25) is 0 Å². The van der Waals surface area contributed by atoms with Crippen LogP contribution in [-0.2, 0) is 0 Å². The highest BCUT2D eigenvalue weighted by Crippen LogP contribution is 2.27. The van der Waals surface area contributed by atoms with Crippen molar-refractivity contribution in [1.82, 2.24) is 0 Å². The van der Waals surface area contributed by atoms with Gasteiger partial charge in [0.25, 0.3) is 0 Å². The van der Waals surface area contributed by atoms with Crippen LogP contribution in [0.15, 0.2) is 22.7 Å². The molecule has 1 rings (SSSR count). The summed E-state index contributed by atoms with van der Waals surface area (Å²) in [5.74, 6) is -0.0950. The Bertz CT molecular complexity index is 260. The lowest BCUT2D eigenvalue weighted by atomic mass is 10.3. The van der Waals surface area contributed by atoms with Crippen molar-refractivity contribution in [1.29, 1.82) is 0 Å². The molecule has 4 heteroatoms. The molecule has 13 heavy (non-hydrogen) atoms. The monoisotopic (exact) mass is 247 g/mol. The highest BCUT2D eigenvalue weighted by molar-refractivity contribution is 9.10. The molecule has 0 fully saturated rings. The predicted octanol–water partition coefficient (Wildman–Crippen LogP) is 2.32. The van der Waals surface area contributed by atoms with Crippen LogP contribution in [0, 0.1) is 5.82 Å². The Morgan fingerprint density at radius 3 is 2.85 bits per heavy atom. The first-order valence-electron chi connectivity index (χ1n) is 4.02. The van der Waals surface area contributed by atoms with Crippen LogP contribution in [0.3, 0.4) is 0 Å². The van der Waals surface area contributed by atoms with E-state index in [1.807, 2.05) is 0 Å². The number of benzene rings is 1. The maximum atomic E-state index is 13.1. The van der Waals surface area contributed by atoms with Crippen LogP contribution in [0.4, 0.5) is 4.39 Å². The van der Waals surface area contributed by atoms with Crippen LogP contribution >= 0.6 is 15.9 Å². The van der Waals surface area contributed by atoms with Crippen molar-refractivity contribution in [3.05, 3.63) is 28.5 Å². The maximum Gasteiger partial charge on any atom is 0.169 e. The molecule has 0 saturated carbocycles. The standard InChI is InChI=1S/C9H11BrFNO/c10-7-3-1-4-8(11)9(7)13-6-2-5-12/h1,3-4H,2,5-6,12H2. The van der Waals surface area contributed by atoms with E-state index in [-0.39, 0.29) is 11.6 Å². The molecule has 0 aliphatic rings. The van der Waals surface area contributed by atoms with Gasteiger partial charge in [0, 0.05) is 0 Å². The zero-order valence-corrected chi connectivity index (χ0v) is 8.68. The van der Waals surface area contributed by atoms with Gasteiger partial charge in [0.2, 0.25) is 0 Å². The molecule has 0 aliphatic carbocycles. The van der Waals surface area contributed by atoms with Gasteiger partial charge in [-0.2, -0.15) is 0 Å². The molecule has 0 aromatic heterocycles. The van der Waals surface area contributed by atoms with Gasteiger partial charge < -0.3 is 10.5 Å². The summed E-state index contributed by atoms with van der Waals surface area (Å²) in [5.41, 5.74) is 5.28. The first-order chi connectivity index (χ1) is 6.25. The topological polar surface area (TPSA) is 35.2 Å². The number of hydrogen-bond acceptors (Lipinski definition) is 2. The fraction of sp³-hybridized carbons (Fsp3) is 0.333. The molecule has 0 unspecified atom stereocenters. The summed E-state index contributed by atoms with van der Waals surface area (Å²) in [7, 11) is 0. The molecule has 2 N–H and O–H groups in total. The van der Waals surface area contributed by atoms with E-state index in [1.54, 1.807) is 12.1 Å². The summed E-state index contributed by atoms with van der Waals surface area (Å²) in [6.45, 7) is 0.988. The zero-order valence-electron chi connectivity index (χ0n) is 7.09. The molecule has 1 aromatic rings. The molecule has 0 spiro atoms. The summed E-state index contributed by atoms with van der Waals surface area (Å²) in [5, 5.41) is 0. The quantitative estimate of drug-likeness (QED) is 0.830. The fourth-order valence-electron chi connectivity index (χ4n) is 0.878. The molecule has 72 valence electrons. The van der Waals surface area contributed by atoms with Gasteiger partial charge in [-0.05, 0) is 41.0 Å². The summed E-state index contributed by atoms with van der Waals surface area (Å²) in [6.07, 6.45) is 0.723. The molecule has 2 nitrogen and oxygen atoms in total. The largest absolute Gasteiger partial charge is 0.489 e. The van der Waals surface area contributed by atoms with Crippen LogP contribution in [0.2, 0.25) is 0 Å². The van der Waals surface area contributed by atoms with Crippen LogP contribution in [0.1, 0.15) is 6.42 Å². The minimum atomic E-state index is -0.355. The third kappa shape index (κ3) is 2.97. The van der Waals surface area contributed by atoms with Gasteiger partial charge in [-0.1, -0.05) is 6.07 Å². The molecule has 0 saturated heterocycles. The van der Waals surface area contributed by atoms with Crippen LogP contribution in [0.25, 0.3) is 0 Å². The van der Waals surface area contributed by atoms with E-state index < -0.39 is 0 Å². The van der Waals surface area contributed by atoms with E-state index in [0.29, 0.717) is 17.6 Å². The Labute approximate surface area is 85.0 Å². The van der Waals surface area contributed by atoms with Crippen molar-refractivity contribution in [3.63, 3.8) is 0 Å². The first-order valence-corrected chi connectivity index (χ1v) is 4.82. The van der Waals surface area contributed by atoms with Gasteiger partial charge in [0.05, 0.1) is 11.1 Å². The van der Waals surface area contributed by atoms with E-state index in [4.69, 9.17) is 10.5 Å². The van der Waals surface area contributed by atoms with Gasteiger partial charge in [-0.15, -0.1) is 0 Å². The Balaban J connectivity index is 2.64. The van der Waals surface area contributed by atoms with E-state index in [0.717, 1.165) is 6.42 Å². The lowest BCUT2D eigenvalue weighted by Gasteiger charge is -2.07. The number of rotatable bonds is 4. The molecular formula is C9H11BrFNO. The van der Waals surface area contributed by atoms with Crippen molar-refractivity contribution < 1.29 is 9.13 Å². The number of nitrogens with two attached hydrogens (primary N) is 1. The average Bonchev–Trinajstić information content (AvgIpc) is 2.10. The molecule has 0 amide bonds. The molecule has 0 heterocycles. The summed E-state index contributed by atoms with van der Waals surface area (Å²) < 4.78 is 18.9. The molecule has 0 atom stereocenters. The van der Waals surface area contributed by atoms with Gasteiger partial charge in [0.1, 0.15) is 0 Å². The van der Waals surface area contributed by atoms with Crippen molar-refractivity contribution in [2.24, 2.45) is 5.73 Å². The highest BCUT2D eigenvalue weighted by Gasteiger charge is 2.06. The van der Waals surface area contributed by atoms with Crippen molar-refractivity contribution in [3.8, 4) is 5.75 Å². The normalized spacial score (nSPS) is 10.1. The van der Waals surface area contributed by atoms with Crippen molar-refractivity contribution >= 4 is 15.9 Å². The number of para-hydroxylation sites is 1. The summed E-state index contributed by atoms with van der Waals surface area (Å²) in [6, 6.07) is 4.72. The summed E-state index contributed by atoms with van der Waals surface area (Å²) in [4.78, 5) is 0. The number of ether oxygens (including phenoxy) is 1. The van der Waals surface area contributed by atoms with Crippen LogP contribution in [0.5, 0.6) is 5.75 Å². The highest BCUT2D eigenvalue weighted by atomic mass is 79.9. The van der Waals surface area contributed by atoms with Crippen molar-refractivity contribution in [2.45, 2.75) is 6.42 Å². The van der Waals surface area contributed by atoms with E-state index >= 15 is 0 Å². The maximum absolute atomic E-state index is 13.1. The second kappa shape index (κ2) is 5.19. The van der Waals surface area contributed by atoms with E-state index in [1.165, 1.54) is 6.07 Å². The molecule has 0 bridgehead atoms. The SMILES string of the molecule is NCCCOc1c(F)cccc1Br. The Hall–Kier alpha value is -0.610. The van der Waals surface area contributed by atoms with Gasteiger partial charge in [-0.25, -0.2) is 4.39 Å². The lowest BCUT2D eigenvalue weighted by molar-refractivity contribution is 0.296. The third-order valence-electron chi connectivity index (χ3n) is 1.51. The minimum Gasteiger partial charge on any atom is -0.489 e. The second-order valence-corrected chi connectivity index (χ2v) is 3.40. The first kappa shape index (κ1) is 10.5. The Morgan fingerprint density at radius 2 is 2.23 bits per heavy atom. The van der Waals surface area contributed by atoms with Gasteiger partial charge >= 0.3 is 0 Å². The van der Waals surface area contributed by atoms with Crippen LogP contribution < -0.4 is 10.5 Å². The zero-order chi connectivity index (χ0) is 9.68. The van der Waals surface area contributed by atoms with Crippen LogP contribution in [-0.4, -0.2) is 13.2 Å². The van der Waals surface area contributed by atoms with E-state index in [2.05, 4.69) is 15.9 Å². The Morgan fingerprint density at radius 1 is 1.46 bits per heavy atom. The average molecular weight is 248 g/mol. The Kier molecular flexibility index (Phi) is 4.18. The lowest BCUT2D eigenvalue weighted by Crippen LogP contribution is -2.07. The fourth-order valence-corrected chi connectivity index (χ4v) is 1.33. The second-order valence-electron chi connectivity index (χ2n) is 2.54. The van der Waals surface area contributed by atoms with Gasteiger partial charge in [0.15, 0.2) is 11.6 Å². The minimum absolute atomic E-state index is 0.260. The summed E-state index contributed by atoms with van der Waals surface area (Å²) >= 11 is 3.20. The molecular weight excluding hydrogens is 237 g/mol. The van der Waals surface area contributed by atoms with E-state index in [9.17, 15) is 4.39 Å².